The van der Waals surface area contributed by atoms with Crippen LogP contribution >= 0.6 is 23.5 Å². The number of carbonyl (C=O) groups is 1. The van der Waals surface area contributed by atoms with Gasteiger partial charge >= 0.3 is 13.8 Å². The van der Waals surface area contributed by atoms with Crippen molar-refractivity contribution in [3.63, 3.8) is 0 Å². The molecule has 2 unspecified atom stereocenters. The Bertz CT molecular complexity index is 1440. The lowest BCUT2D eigenvalue weighted by molar-refractivity contribution is 0.0869. The molecule has 4 rings (SSSR count). The van der Waals surface area contributed by atoms with E-state index in [1.165, 1.54) is 11.6 Å². The predicted octanol–water partition coefficient (Wildman–Crippen LogP) is 8.62. The van der Waals surface area contributed by atoms with Crippen molar-refractivity contribution in [1.29, 1.82) is 0 Å². The molecule has 0 heterocycles. The van der Waals surface area contributed by atoms with Crippen LogP contribution in [-0.4, -0.2) is 16.8 Å². The molecule has 4 aromatic carbocycles. The third-order valence-electron chi connectivity index (χ3n) is 6.69. The van der Waals surface area contributed by atoms with Crippen LogP contribution in [0.1, 0.15) is 39.9 Å². The van der Waals surface area contributed by atoms with Crippen LogP contribution in [0.25, 0.3) is 0 Å². The largest absolute Gasteiger partial charge is 0.442 e. The Labute approximate surface area is 235 Å². The van der Waals surface area contributed by atoms with Gasteiger partial charge in [0, 0.05) is 5.56 Å². The van der Waals surface area contributed by atoms with Gasteiger partial charge in [0.05, 0.1) is 9.89 Å². The summed E-state index contributed by atoms with van der Waals surface area (Å²) in [4.78, 5) is 23.8. The Morgan fingerprint density at radius 1 is 0.872 bits per heavy atom. The molecule has 0 aliphatic carbocycles. The van der Waals surface area contributed by atoms with Crippen LogP contribution in [0.3, 0.4) is 0 Å². The molecule has 39 heavy (non-hydrogen) atoms. The van der Waals surface area contributed by atoms with Gasteiger partial charge in [-0.25, -0.2) is 4.57 Å². The minimum atomic E-state index is -5.13. The molecule has 202 valence electrons. The Kier molecular flexibility index (Phi) is 9.49. The van der Waals surface area contributed by atoms with E-state index in [0.717, 1.165) is 24.0 Å². The number of ketones is 1. The normalized spacial score (nSPS) is 14.4. The van der Waals surface area contributed by atoms with Crippen molar-refractivity contribution in [3.8, 4) is 5.75 Å². The van der Waals surface area contributed by atoms with Gasteiger partial charge in [0.2, 0.25) is 0 Å². The van der Waals surface area contributed by atoms with E-state index in [4.69, 9.17) is 4.52 Å². The average Bonchev–Trinajstić information content (AvgIpc) is 2.95. The van der Waals surface area contributed by atoms with E-state index in [1.807, 2.05) is 78.9 Å². The molecule has 1 N–H and O–H groups in total. The second kappa shape index (κ2) is 12.8. The molecule has 0 spiro atoms. The van der Waals surface area contributed by atoms with Crippen LogP contribution in [0.2, 0.25) is 0 Å². The van der Waals surface area contributed by atoms with Crippen molar-refractivity contribution in [2.45, 2.75) is 37.3 Å². The maximum atomic E-state index is 14.3. The molecular formula is C31H28BrF2O4P. The molecular weight excluding hydrogens is 585 g/mol. The van der Waals surface area contributed by atoms with E-state index < -0.39 is 19.2 Å². The van der Waals surface area contributed by atoms with E-state index >= 15 is 0 Å². The number of aryl methyl sites for hydroxylation is 1. The number of benzene rings is 4. The van der Waals surface area contributed by atoms with Crippen LogP contribution in [0, 0.1) is 0 Å². The van der Waals surface area contributed by atoms with Gasteiger partial charge in [-0.3, -0.25) is 4.79 Å². The molecule has 0 fully saturated rings. The summed E-state index contributed by atoms with van der Waals surface area (Å²) < 4.78 is 42.6. The van der Waals surface area contributed by atoms with Crippen LogP contribution in [-0.2, 0) is 22.8 Å². The summed E-state index contributed by atoms with van der Waals surface area (Å²) in [5.41, 5.74) is 2.48. The minimum absolute atomic E-state index is 0.0172. The fourth-order valence-electron chi connectivity index (χ4n) is 4.78. The van der Waals surface area contributed by atoms with E-state index in [0.29, 0.717) is 18.4 Å². The molecule has 0 aliphatic rings. The monoisotopic (exact) mass is 612 g/mol. The third-order valence-corrected chi connectivity index (χ3v) is 8.26. The number of hydrogen-bond donors (Lipinski definition) is 1. The quantitative estimate of drug-likeness (QED) is 0.128. The molecule has 2 atom stereocenters. The van der Waals surface area contributed by atoms with Gasteiger partial charge in [0.15, 0.2) is 5.78 Å². The first kappa shape index (κ1) is 28.9. The van der Waals surface area contributed by atoms with Gasteiger partial charge in [0.1, 0.15) is 5.75 Å². The molecule has 0 aliphatic heterocycles. The van der Waals surface area contributed by atoms with Gasteiger partial charge < -0.3 is 9.42 Å². The zero-order valence-corrected chi connectivity index (χ0v) is 23.5. The lowest BCUT2D eigenvalue weighted by Crippen LogP contribution is -2.38. The molecule has 8 heteroatoms. The third kappa shape index (κ3) is 7.10. The van der Waals surface area contributed by atoms with Crippen molar-refractivity contribution in [2.24, 2.45) is 0 Å². The van der Waals surface area contributed by atoms with Gasteiger partial charge in [0.25, 0.3) is 0 Å². The number of alkyl halides is 2. The number of rotatable bonds is 12. The lowest BCUT2D eigenvalue weighted by atomic mass is 9.67. The van der Waals surface area contributed by atoms with Crippen molar-refractivity contribution >= 4 is 29.3 Å². The first-order valence-electron chi connectivity index (χ1n) is 12.5. The van der Waals surface area contributed by atoms with Crippen molar-refractivity contribution in [1.82, 2.24) is 0 Å². The number of hydrogen-bond acceptors (Lipinski definition) is 3. The topological polar surface area (TPSA) is 63.6 Å². The predicted molar refractivity (Wildman–Crippen MR) is 153 cm³/mol. The molecule has 4 nitrogen and oxygen atoms in total. The van der Waals surface area contributed by atoms with Crippen LogP contribution < -0.4 is 4.52 Å². The van der Waals surface area contributed by atoms with Gasteiger partial charge in [-0.15, -0.1) is 0 Å². The highest BCUT2D eigenvalue weighted by Gasteiger charge is 2.40. The SMILES string of the molecule is O=C(c1ccccc1)C(CCCc1ccccc1)(Cc1ccc(OP(=O)(O)C(F)F)c(Br)c1)c1ccccc1. The smallest absolute Gasteiger partial charge is 0.420 e. The minimum Gasteiger partial charge on any atom is -0.420 e. The summed E-state index contributed by atoms with van der Waals surface area (Å²) in [7, 11) is -5.13. The summed E-state index contributed by atoms with van der Waals surface area (Å²) in [6.45, 7) is 0. The summed E-state index contributed by atoms with van der Waals surface area (Å²) >= 11 is 3.29. The summed E-state index contributed by atoms with van der Waals surface area (Å²) in [5, 5.41) is 0. The van der Waals surface area contributed by atoms with Crippen molar-refractivity contribution < 1.29 is 27.6 Å². The van der Waals surface area contributed by atoms with Gasteiger partial charge in [-0.05, 0) is 70.4 Å². The Morgan fingerprint density at radius 2 is 1.46 bits per heavy atom. The summed E-state index contributed by atoms with van der Waals surface area (Å²) in [5.74, 6) is -0.190. The maximum absolute atomic E-state index is 14.3. The second-order valence-electron chi connectivity index (χ2n) is 9.36. The number of Topliss-reactive ketones (excluding diaryl/α,β-unsaturated/α-hetero) is 1. The average molecular weight is 613 g/mol. The Balaban J connectivity index is 1.74. The zero-order chi connectivity index (χ0) is 27.9. The highest BCUT2D eigenvalue weighted by molar-refractivity contribution is 9.10. The molecule has 0 saturated carbocycles. The van der Waals surface area contributed by atoms with Crippen molar-refractivity contribution in [3.05, 3.63) is 136 Å². The van der Waals surface area contributed by atoms with E-state index in [1.54, 1.807) is 12.1 Å². The lowest BCUT2D eigenvalue weighted by Gasteiger charge is -2.34. The summed E-state index contributed by atoms with van der Waals surface area (Å²) in [6.07, 6.45) is -1.09. The van der Waals surface area contributed by atoms with Crippen molar-refractivity contribution in [2.75, 3.05) is 0 Å². The highest BCUT2D eigenvalue weighted by atomic mass is 79.9. The molecule has 0 amide bonds. The van der Waals surface area contributed by atoms with Gasteiger partial charge in [-0.2, -0.15) is 8.78 Å². The zero-order valence-electron chi connectivity index (χ0n) is 21.1. The highest BCUT2D eigenvalue weighted by Crippen LogP contribution is 2.50. The van der Waals surface area contributed by atoms with Crippen LogP contribution in [0.15, 0.2) is 114 Å². The van der Waals surface area contributed by atoms with Crippen LogP contribution in [0.4, 0.5) is 8.78 Å². The Hall–Kier alpha value is -3.12. The number of carbonyl (C=O) groups excluding carboxylic acids is 1. The van der Waals surface area contributed by atoms with Crippen LogP contribution in [0.5, 0.6) is 5.75 Å². The Morgan fingerprint density at radius 3 is 2.05 bits per heavy atom. The molecule has 0 aromatic heterocycles. The summed E-state index contributed by atoms with van der Waals surface area (Å²) in [6, 6.07) is 33.6. The molecule has 0 bridgehead atoms. The van der Waals surface area contributed by atoms with Gasteiger partial charge in [-0.1, -0.05) is 97.1 Å². The maximum Gasteiger partial charge on any atom is 0.442 e. The number of halogens is 3. The standard InChI is InChI=1S/C31H28BrF2O4P/c32-27-21-24(18-19-28(27)38-39(36,37)30(33)34)22-31(26-16-8-3-9-17-26,29(35)25-14-6-2-7-15-25)20-10-13-23-11-4-1-5-12-23/h1-9,11-12,14-19,21,30H,10,13,20,22H2,(H,36,37). The molecule has 0 saturated heterocycles. The van der Waals surface area contributed by atoms with E-state index in [2.05, 4.69) is 28.1 Å². The van der Waals surface area contributed by atoms with E-state index in [9.17, 15) is 23.0 Å². The molecule has 0 radical (unpaired) electrons. The first-order valence-corrected chi connectivity index (χ1v) is 14.9. The fourth-order valence-corrected chi connectivity index (χ4v) is 5.93. The van der Waals surface area contributed by atoms with E-state index in [-0.39, 0.29) is 16.0 Å². The fraction of sp³-hybridized carbons (Fsp3) is 0.194. The molecule has 4 aromatic rings. The second-order valence-corrected chi connectivity index (χ2v) is 11.9. The first-order chi connectivity index (χ1) is 18.7.